The van der Waals surface area contributed by atoms with Gasteiger partial charge in [0.05, 0.1) is 11.5 Å². The zero-order chi connectivity index (χ0) is 12.1. The van der Waals surface area contributed by atoms with Crippen LogP contribution >= 0.6 is 0 Å². The summed E-state index contributed by atoms with van der Waals surface area (Å²) in [5.41, 5.74) is 0.785. The molecule has 1 atom stereocenters. The molecule has 5 heteroatoms. The number of aliphatic hydroxyl groups is 1. The highest BCUT2D eigenvalue weighted by atomic mass is 16.6. The number of nitrogens with zero attached hydrogens (tertiary/aromatic N) is 1. The molecule has 0 amide bonds. The lowest BCUT2D eigenvalue weighted by Crippen LogP contribution is -2.02. The van der Waals surface area contributed by atoms with Crippen molar-refractivity contribution in [1.82, 2.24) is 0 Å². The fraction of sp³-hybridized carbons (Fsp3) is 0.455. The van der Waals surface area contributed by atoms with E-state index in [0.717, 1.165) is 5.56 Å². The molecular formula is C11H15NO4. The SMILES string of the molecule is CCOc1cc(C(C)CO)ccc1[N+](=O)[O-]. The number of hydrogen-bond acceptors (Lipinski definition) is 4. The minimum absolute atomic E-state index is 0.00335. The molecule has 5 nitrogen and oxygen atoms in total. The second-order valence-corrected chi connectivity index (χ2v) is 3.50. The summed E-state index contributed by atoms with van der Waals surface area (Å²) in [6, 6.07) is 4.66. The lowest BCUT2D eigenvalue weighted by Gasteiger charge is -2.10. The van der Waals surface area contributed by atoms with E-state index >= 15 is 0 Å². The third-order valence-corrected chi connectivity index (χ3v) is 2.32. The molecule has 0 heterocycles. The van der Waals surface area contributed by atoms with Crippen molar-refractivity contribution in [2.45, 2.75) is 19.8 Å². The zero-order valence-electron chi connectivity index (χ0n) is 9.34. The Balaban J connectivity index is 3.11. The number of nitro benzene ring substituents is 1. The molecule has 1 rings (SSSR count). The van der Waals surface area contributed by atoms with Gasteiger partial charge in [-0.1, -0.05) is 13.0 Å². The van der Waals surface area contributed by atoms with Crippen molar-refractivity contribution < 1.29 is 14.8 Å². The standard InChI is InChI=1S/C11H15NO4/c1-3-16-11-6-9(8(2)7-13)4-5-10(11)12(14)15/h4-6,8,13H,3,7H2,1-2H3. The van der Waals surface area contributed by atoms with Gasteiger partial charge in [0.25, 0.3) is 0 Å². The van der Waals surface area contributed by atoms with E-state index in [1.807, 2.05) is 6.92 Å². The first-order valence-corrected chi connectivity index (χ1v) is 5.12. The van der Waals surface area contributed by atoms with E-state index < -0.39 is 4.92 Å². The van der Waals surface area contributed by atoms with Crippen LogP contribution in [0.3, 0.4) is 0 Å². The number of aliphatic hydroxyl groups excluding tert-OH is 1. The van der Waals surface area contributed by atoms with Crippen LogP contribution < -0.4 is 4.74 Å². The second-order valence-electron chi connectivity index (χ2n) is 3.50. The number of ether oxygens (including phenoxy) is 1. The molecule has 0 saturated carbocycles. The molecule has 88 valence electrons. The van der Waals surface area contributed by atoms with Crippen LogP contribution in [0, 0.1) is 10.1 Å². The molecule has 16 heavy (non-hydrogen) atoms. The van der Waals surface area contributed by atoms with Crippen LogP contribution in [0.5, 0.6) is 5.75 Å². The third-order valence-electron chi connectivity index (χ3n) is 2.32. The summed E-state index contributed by atoms with van der Waals surface area (Å²) in [6.45, 7) is 3.99. The van der Waals surface area contributed by atoms with Crippen molar-refractivity contribution in [2.75, 3.05) is 13.2 Å². The van der Waals surface area contributed by atoms with E-state index in [0.29, 0.717) is 6.61 Å². The number of rotatable bonds is 5. The van der Waals surface area contributed by atoms with Crippen LogP contribution in [-0.4, -0.2) is 23.2 Å². The minimum atomic E-state index is -0.474. The van der Waals surface area contributed by atoms with Crippen LogP contribution in [0.25, 0.3) is 0 Å². The Hall–Kier alpha value is -1.62. The first kappa shape index (κ1) is 12.4. The maximum Gasteiger partial charge on any atom is 0.310 e. The Kier molecular flexibility index (Phi) is 4.25. The Morgan fingerprint density at radius 3 is 2.75 bits per heavy atom. The number of nitro groups is 1. The summed E-state index contributed by atoms with van der Waals surface area (Å²) >= 11 is 0. The Labute approximate surface area is 93.8 Å². The van der Waals surface area contributed by atoms with Crippen molar-refractivity contribution in [3.05, 3.63) is 33.9 Å². The van der Waals surface area contributed by atoms with Gasteiger partial charge in [-0.3, -0.25) is 10.1 Å². The number of benzene rings is 1. The fourth-order valence-corrected chi connectivity index (χ4v) is 1.36. The summed E-state index contributed by atoms with van der Waals surface area (Å²) in [6.07, 6.45) is 0. The fourth-order valence-electron chi connectivity index (χ4n) is 1.36. The molecule has 0 saturated heterocycles. The monoisotopic (exact) mass is 225 g/mol. The summed E-state index contributed by atoms with van der Waals surface area (Å²) in [4.78, 5) is 10.2. The summed E-state index contributed by atoms with van der Waals surface area (Å²) in [7, 11) is 0. The van der Waals surface area contributed by atoms with Crippen molar-refractivity contribution in [3.8, 4) is 5.75 Å². The first-order chi connectivity index (χ1) is 7.60. The molecule has 0 aliphatic carbocycles. The largest absolute Gasteiger partial charge is 0.487 e. The molecule has 1 aromatic rings. The molecule has 1 aromatic carbocycles. The Morgan fingerprint density at radius 1 is 1.56 bits per heavy atom. The minimum Gasteiger partial charge on any atom is -0.487 e. The van der Waals surface area contributed by atoms with Crippen molar-refractivity contribution in [2.24, 2.45) is 0 Å². The quantitative estimate of drug-likeness (QED) is 0.615. The maximum atomic E-state index is 10.7. The molecule has 0 aliphatic rings. The lowest BCUT2D eigenvalue weighted by atomic mass is 10.0. The van der Waals surface area contributed by atoms with Crippen molar-refractivity contribution >= 4 is 5.69 Å². The highest BCUT2D eigenvalue weighted by Gasteiger charge is 2.16. The van der Waals surface area contributed by atoms with E-state index in [1.54, 1.807) is 19.1 Å². The predicted octanol–water partition coefficient (Wildman–Crippen LogP) is 2.09. The molecule has 0 aromatic heterocycles. The van der Waals surface area contributed by atoms with Crippen molar-refractivity contribution in [3.63, 3.8) is 0 Å². The molecule has 1 unspecified atom stereocenters. The highest BCUT2D eigenvalue weighted by molar-refractivity contribution is 5.49. The van der Waals surface area contributed by atoms with Gasteiger partial charge in [-0.25, -0.2) is 0 Å². The topological polar surface area (TPSA) is 72.6 Å². The van der Waals surface area contributed by atoms with Crippen LogP contribution in [0.2, 0.25) is 0 Å². The Morgan fingerprint density at radius 2 is 2.25 bits per heavy atom. The van der Waals surface area contributed by atoms with Crippen LogP contribution in [0.15, 0.2) is 18.2 Å². The van der Waals surface area contributed by atoms with Crippen LogP contribution in [-0.2, 0) is 0 Å². The molecule has 0 bridgehead atoms. The molecule has 0 fully saturated rings. The van der Waals surface area contributed by atoms with E-state index in [2.05, 4.69) is 0 Å². The van der Waals surface area contributed by atoms with Gasteiger partial charge in [0.2, 0.25) is 0 Å². The van der Waals surface area contributed by atoms with Gasteiger partial charge < -0.3 is 9.84 Å². The highest BCUT2D eigenvalue weighted by Crippen LogP contribution is 2.30. The maximum absolute atomic E-state index is 10.7. The van der Waals surface area contributed by atoms with Gasteiger partial charge in [-0.05, 0) is 18.6 Å². The second kappa shape index (κ2) is 5.46. The van der Waals surface area contributed by atoms with Gasteiger partial charge in [-0.15, -0.1) is 0 Å². The van der Waals surface area contributed by atoms with E-state index in [4.69, 9.17) is 9.84 Å². The van der Waals surface area contributed by atoms with Gasteiger partial charge in [-0.2, -0.15) is 0 Å². The van der Waals surface area contributed by atoms with E-state index in [1.165, 1.54) is 6.07 Å². The average molecular weight is 225 g/mol. The van der Waals surface area contributed by atoms with Gasteiger partial charge in [0.1, 0.15) is 0 Å². The third kappa shape index (κ3) is 2.70. The molecular weight excluding hydrogens is 210 g/mol. The summed E-state index contributed by atoms with van der Waals surface area (Å²) in [5, 5.41) is 19.7. The summed E-state index contributed by atoms with van der Waals surface area (Å²) < 4.78 is 5.21. The lowest BCUT2D eigenvalue weighted by molar-refractivity contribution is -0.385. The Bertz CT molecular complexity index is 378. The predicted molar refractivity (Wildman–Crippen MR) is 59.8 cm³/mol. The summed E-state index contributed by atoms with van der Waals surface area (Å²) in [5.74, 6) is 0.199. The smallest absolute Gasteiger partial charge is 0.310 e. The van der Waals surface area contributed by atoms with Gasteiger partial charge in [0.15, 0.2) is 5.75 Å². The van der Waals surface area contributed by atoms with Crippen molar-refractivity contribution in [1.29, 1.82) is 0 Å². The molecule has 1 N–H and O–H groups in total. The van der Waals surface area contributed by atoms with Crippen LogP contribution in [0.4, 0.5) is 5.69 Å². The van der Waals surface area contributed by atoms with Gasteiger partial charge in [0, 0.05) is 18.6 Å². The van der Waals surface area contributed by atoms with E-state index in [-0.39, 0.29) is 24.0 Å². The zero-order valence-corrected chi connectivity index (χ0v) is 9.34. The van der Waals surface area contributed by atoms with E-state index in [9.17, 15) is 10.1 Å². The molecule has 0 spiro atoms. The van der Waals surface area contributed by atoms with Gasteiger partial charge >= 0.3 is 5.69 Å². The molecule has 0 aliphatic heterocycles. The van der Waals surface area contributed by atoms with Crippen LogP contribution in [0.1, 0.15) is 25.3 Å². The molecule has 0 radical (unpaired) electrons. The number of hydrogen-bond donors (Lipinski definition) is 1. The average Bonchev–Trinajstić information content (AvgIpc) is 2.28. The first-order valence-electron chi connectivity index (χ1n) is 5.12. The normalized spacial score (nSPS) is 12.2.